The second-order valence-corrected chi connectivity index (χ2v) is 8.34. The SMILES string of the molecule is O=C(CCCc1c[nH]c2ccccc12)N1CCC[C@@](O)(CN2CCCC2)C1. The smallest absolute Gasteiger partial charge is 0.222 e. The Morgan fingerprint density at radius 2 is 1.96 bits per heavy atom. The van der Waals surface area contributed by atoms with Crippen LogP contribution in [0, 0.1) is 0 Å². The normalized spacial score (nSPS) is 24.0. The van der Waals surface area contributed by atoms with Gasteiger partial charge in [0.1, 0.15) is 0 Å². The fourth-order valence-corrected chi connectivity index (χ4v) is 4.74. The number of aryl methyl sites for hydroxylation is 1. The Hall–Kier alpha value is -1.85. The number of aliphatic hydroxyl groups is 1. The molecule has 4 rings (SSSR count). The third-order valence-corrected chi connectivity index (χ3v) is 6.14. The van der Waals surface area contributed by atoms with Crippen LogP contribution in [0.5, 0.6) is 0 Å². The lowest BCUT2D eigenvalue weighted by atomic mass is 9.92. The number of likely N-dealkylation sites (tertiary alicyclic amines) is 2. The van der Waals surface area contributed by atoms with E-state index in [1.807, 2.05) is 11.0 Å². The zero-order chi connectivity index (χ0) is 18.7. The van der Waals surface area contributed by atoms with Crippen LogP contribution in [0.3, 0.4) is 0 Å². The Morgan fingerprint density at radius 3 is 2.81 bits per heavy atom. The minimum Gasteiger partial charge on any atom is -0.387 e. The van der Waals surface area contributed by atoms with E-state index in [1.54, 1.807) is 0 Å². The maximum atomic E-state index is 12.7. The van der Waals surface area contributed by atoms with Crippen LogP contribution in [0.4, 0.5) is 0 Å². The number of H-pyrrole nitrogens is 1. The Balaban J connectivity index is 1.28. The predicted molar refractivity (Wildman–Crippen MR) is 108 cm³/mol. The van der Waals surface area contributed by atoms with Crippen LogP contribution < -0.4 is 0 Å². The van der Waals surface area contributed by atoms with Crippen molar-refractivity contribution in [3.63, 3.8) is 0 Å². The van der Waals surface area contributed by atoms with Gasteiger partial charge < -0.3 is 19.9 Å². The lowest BCUT2D eigenvalue weighted by Crippen LogP contribution is -2.55. The summed E-state index contributed by atoms with van der Waals surface area (Å²) in [4.78, 5) is 20.3. The molecule has 2 N–H and O–H groups in total. The van der Waals surface area contributed by atoms with Gasteiger partial charge >= 0.3 is 0 Å². The zero-order valence-corrected chi connectivity index (χ0v) is 16.1. The summed E-state index contributed by atoms with van der Waals surface area (Å²) in [7, 11) is 0. The number of β-amino-alcohol motifs (C(OH)–C–C–N with tert-alkyl or cyclic N) is 1. The number of carbonyl (C=O) groups is 1. The molecule has 2 saturated heterocycles. The van der Waals surface area contributed by atoms with E-state index in [-0.39, 0.29) is 5.91 Å². The molecule has 1 aromatic carbocycles. The van der Waals surface area contributed by atoms with E-state index in [4.69, 9.17) is 0 Å². The first-order valence-electron chi connectivity index (χ1n) is 10.4. The summed E-state index contributed by atoms with van der Waals surface area (Å²) in [6.45, 7) is 4.16. The number of amides is 1. The number of para-hydroxylation sites is 1. The molecule has 5 nitrogen and oxygen atoms in total. The summed E-state index contributed by atoms with van der Waals surface area (Å²) < 4.78 is 0. The first-order chi connectivity index (χ1) is 13.1. The summed E-state index contributed by atoms with van der Waals surface area (Å²) in [6, 6.07) is 8.30. The maximum Gasteiger partial charge on any atom is 0.222 e. The molecule has 0 saturated carbocycles. The zero-order valence-electron chi connectivity index (χ0n) is 16.1. The fourth-order valence-electron chi connectivity index (χ4n) is 4.74. The molecule has 0 aliphatic carbocycles. The number of hydrogen-bond donors (Lipinski definition) is 2. The summed E-state index contributed by atoms with van der Waals surface area (Å²) in [5.74, 6) is 0.189. The second kappa shape index (κ2) is 8.03. The van der Waals surface area contributed by atoms with Gasteiger partial charge in [-0.3, -0.25) is 4.79 Å². The minimum absolute atomic E-state index is 0.189. The average Bonchev–Trinajstić information content (AvgIpc) is 3.31. The number of piperidine rings is 1. The van der Waals surface area contributed by atoms with Gasteiger partial charge in [0.25, 0.3) is 0 Å². The highest BCUT2D eigenvalue weighted by atomic mass is 16.3. The number of benzene rings is 1. The summed E-state index contributed by atoms with van der Waals surface area (Å²) >= 11 is 0. The van der Waals surface area contributed by atoms with E-state index in [2.05, 4.69) is 34.3 Å². The molecule has 1 atom stereocenters. The van der Waals surface area contributed by atoms with Crippen LogP contribution in [0.25, 0.3) is 10.9 Å². The first kappa shape index (κ1) is 18.5. The van der Waals surface area contributed by atoms with E-state index < -0.39 is 5.60 Å². The van der Waals surface area contributed by atoms with Crippen LogP contribution in [-0.2, 0) is 11.2 Å². The van der Waals surface area contributed by atoms with E-state index >= 15 is 0 Å². The number of carbonyl (C=O) groups excluding carboxylic acids is 1. The van der Waals surface area contributed by atoms with Gasteiger partial charge in [0.2, 0.25) is 5.91 Å². The molecular weight excluding hydrogens is 338 g/mol. The average molecular weight is 370 g/mol. The Labute approximate surface area is 161 Å². The van der Waals surface area contributed by atoms with Gasteiger partial charge in [-0.2, -0.15) is 0 Å². The summed E-state index contributed by atoms with van der Waals surface area (Å²) in [5.41, 5.74) is 1.71. The van der Waals surface area contributed by atoms with Gasteiger partial charge in [0, 0.05) is 36.6 Å². The largest absolute Gasteiger partial charge is 0.387 e. The van der Waals surface area contributed by atoms with E-state index in [1.165, 1.54) is 23.8 Å². The molecule has 0 unspecified atom stereocenters. The predicted octanol–water partition coefficient (Wildman–Crippen LogP) is 2.94. The highest BCUT2D eigenvalue weighted by Crippen LogP contribution is 2.25. The van der Waals surface area contributed by atoms with Gasteiger partial charge in [0.15, 0.2) is 0 Å². The third-order valence-electron chi connectivity index (χ3n) is 6.14. The molecule has 0 spiro atoms. The van der Waals surface area contributed by atoms with Gasteiger partial charge in [-0.05, 0) is 63.2 Å². The Morgan fingerprint density at radius 1 is 1.15 bits per heavy atom. The van der Waals surface area contributed by atoms with Gasteiger partial charge in [-0.25, -0.2) is 0 Å². The van der Waals surface area contributed by atoms with Crippen molar-refractivity contribution in [3.8, 4) is 0 Å². The highest BCUT2D eigenvalue weighted by molar-refractivity contribution is 5.83. The fraction of sp³-hybridized carbons (Fsp3) is 0.591. The van der Waals surface area contributed by atoms with Gasteiger partial charge in [-0.15, -0.1) is 0 Å². The van der Waals surface area contributed by atoms with Crippen LogP contribution in [0.15, 0.2) is 30.5 Å². The molecule has 1 aromatic heterocycles. The number of nitrogens with one attached hydrogen (secondary N) is 1. The Bertz CT molecular complexity index is 781. The molecule has 2 aromatic rings. The molecule has 0 radical (unpaired) electrons. The van der Waals surface area contributed by atoms with Crippen molar-refractivity contribution >= 4 is 16.8 Å². The highest BCUT2D eigenvalue weighted by Gasteiger charge is 2.36. The van der Waals surface area contributed by atoms with Crippen molar-refractivity contribution in [3.05, 3.63) is 36.0 Å². The van der Waals surface area contributed by atoms with Crippen LogP contribution in [-0.4, -0.2) is 64.1 Å². The number of aromatic nitrogens is 1. The van der Waals surface area contributed by atoms with Crippen molar-refractivity contribution < 1.29 is 9.90 Å². The maximum absolute atomic E-state index is 12.7. The number of rotatable bonds is 6. The quantitative estimate of drug-likeness (QED) is 0.823. The molecule has 2 aliphatic heterocycles. The molecule has 2 fully saturated rings. The topological polar surface area (TPSA) is 59.6 Å². The van der Waals surface area contributed by atoms with E-state index in [0.717, 1.165) is 50.8 Å². The molecule has 2 aliphatic rings. The molecule has 1 amide bonds. The van der Waals surface area contributed by atoms with Crippen molar-refractivity contribution in [2.45, 2.75) is 50.5 Å². The van der Waals surface area contributed by atoms with Crippen molar-refractivity contribution in [1.82, 2.24) is 14.8 Å². The molecular formula is C22H31N3O2. The molecule has 0 bridgehead atoms. The molecule has 5 heteroatoms. The van der Waals surface area contributed by atoms with Crippen molar-refractivity contribution in [1.29, 1.82) is 0 Å². The van der Waals surface area contributed by atoms with Gasteiger partial charge in [-0.1, -0.05) is 18.2 Å². The summed E-state index contributed by atoms with van der Waals surface area (Å²) in [6.07, 6.45) is 8.54. The number of nitrogens with zero attached hydrogens (tertiary/aromatic N) is 2. The first-order valence-corrected chi connectivity index (χ1v) is 10.4. The van der Waals surface area contributed by atoms with Crippen molar-refractivity contribution in [2.75, 3.05) is 32.7 Å². The van der Waals surface area contributed by atoms with Crippen LogP contribution >= 0.6 is 0 Å². The number of aromatic amines is 1. The molecule has 146 valence electrons. The molecule has 27 heavy (non-hydrogen) atoms. The standard InChI is InChI=1S/C22H31N3O2/c26-21(10-5-7-18-15-23-20-9-2-1-8-19(18)20)25-14-6-11-22(27,17-25)16-24-12-3-4-13-24/h1-2,8-9,15,23,27H,3-7,10-14,16-17H2/t22-/m1/s1. The van der Waals surface area contributed by atoms with Gasteiger partial charge in [0.05, 0.1) is 12.1 Å². The molecule has 3 heterocycles. The minimum atomic E-state index is -0.727. The van der Waals surface area contributed by atoms with E-state index in [9.17, 15) is 9.90 Å². The summed E-state index contributed by atoms with van der Waals surface area (Å²) in [5, 5.41) is 12.3. The lowest BCUT2D eigenvalue weighted by molar-refractivity contribution is -0.139. The Kier molecular flexibility index (Phi) is 5.50. The number of hydrogen-bond acceptors (Lipinski definition) is 3. The monoisotopic (exact) mass is 369 g/mol. The van der Waals surface area contributed by atoms with Crippen LogP contribution in [0.1, 0.15) is 44.1 Å². The van der Waals surface area contributed by atoms with Crippen molar-refractivity contribution in [2.24, 2.45) is 0 Å². The number of fused-ring (bicyclic) bond motifs is 1. The van der Waals surface area contributed by atoms with Crippen LogP contribution in [0.2, 0.25) is 0 Å². The second-order valence-electron chi connectivity index (χ2n) is 8.34. The lowest BCUT2D eigenvalue weighted by Gasteiger charge is -2.41. The third kappa shape index (κ3) is 4.36. The van der Waals surface area contributed by atoms with E-state index in [0.29, 0.717) is 19.5 Å².